The number of ether oxygens (including phenoxy) is 1. The van der Waals surface area contributed by atoms with Crippen LogP contribution in [0.4, 0.5) is 4.79 Å². The van der Waals surface area contributed by atoms with Gasteiger partial charge in [0.2, 0.25) is 0 Å². The molecule has 1 aromatic heterocycles. The second-order valence-corrected chi connectivity index (χ2v) is 6.99. The van der Waals surface area contributed by atoms with Gasteiger partial charge in [0.05, 0.1) is 12.6 Å². The first kappa shape index (κ1) is 18.8. The highest BCUT2D eigenvalue weighted by atomic mass is 35.5. The lowest BCUT2D eigenvalue weighted by Crippen LogP contribution is -2.52. The second kappa shape index (κ2) is 9.10. The predicted octanol–water partition coefficient (Wildman–Crippen LogP) is 3.94. The molecule has 5 nitrogen and oxygen atoms in total. The summed E-state index contributed by atoms with van der Waals surface area (Å²) < 4.78 is 7.10. The Morgan fingerprint density at radius 2 is 1.85 bits per heavy atom. The van der Waals surface area contributed by atoms with Gasteiger partial charge in [-0.05, 0) is 56.0 Å². The Bertz CT molecular complexity index is 680. The van der Waals surface area contributed by atoms with Gasteiger partial charge in [-0.15, -0.1) is 0 Å². The van der Waals surface area contributed by atoms with E-state index in [0.29, 0.717) is 6.61 Å². The zero-order valence-electron chi connectivity index (χ0n) is 15.2. The van der Waals surface area contributed by atoms with E-state index in [1.165, 1.54) is 5.56 Å². The van der Waals surface area contributed by atoms with Gasteiger partial charge >= 0.3 is 6.09 Å². The number of nitrogens with zero attached hydrogens (tertiary/aromatic N) is 3. The molecule has 140 valence electrons. The molecule has 3 rings (SSSR count). The molecule has 0 saturated carbocycles. The Kier molecular flexibility index (Phi) is 6.58. The summed E-state index contributed by atoms with van der Waals surface area (Å²) in [7, 11) is 0. The molecule has 1 fully saturated rings. The molecule has 6 heteroatoms. The number of carbonyl (C=O) groups is 1. The Morgan fingerprint density at radius 1 is 1.19 bits per heavy atom. The number of aromatic nitrogens is 1. The number of halogens is 1. The highest BCUT2D eigenvalue weighted by Crippen LogP contribution is 2.18. The molecule has 0 N–H and O–H groups in total. The van der Waals surface area contributed by atoms with Crippen molar-refractivity contribution in [1.82, 2.24) is 9.58 Å². The smallest absolute Gasteiger partial charge is 0.429 e. The largest absolute Gasteiger partial charge is 0.448 e. The molecule has 26 heavy (non-hydrogen) atoms. The first-order valence-corrected chi connectivity index (χ1v) is 9.61. The Morgan fingerprint density at radius 3 is 2.46 bits per heavy atom. The van der Waals surface area contributed by atoms with Crippen molar-refractivity contribution in [3.63, 3.8) is 0 Å². The minimum Gasteiger partial charge on any atom is -0.448 e. The molecule has 1 aromatic carbocycles. The molecule has 0 spiro atoms. The van der Waals surface area contributed by atoms with E-state index in [2.05, 4.69) is 17.0 Å². The SMILES string of the molecule is CCOC(=O)N(C1CCN(CCc2ccc(Cl)cc2)CC1)n1cccc1. The summed E-state index contributed by atoms with van der Waals surface area (Å²) in [6.45, 7) is 5.21. The standard InChI is InChI=1S/C20H26ClN3O2/c1-2-26-20(25)24(23-12-3-4-13-23)19-10-15-22(16-11-19)14-9-17-5-7-18(21)8-6-17/h3-8,12-13,19H,2,9-11,14-16H2,1H3. The molecule has 2 heterocycles. The lowest BCUT2D eigenvalue weighted by atomic mass is 10.0. The van der Waals surface area contributed by atoms with Crippen LogP contribution >= 0.6 is 11.6 Å². The molecule has 1 aliphatic rings. The van der Waals surface area contributed by atoms with Crippen molar-refractivity contribution in [1.29, 1.82) is 0 Å². The Balaban J connectivity index is 1.54. The lowest BCUT2D eigenvalue weighted by molar-refractivity contribution is 0.138. The normalized spacial score (nSPS) is 15.8. The molecule has 0 aliphatic carbocycles. The third-order valence-corrected chi connectivity index (χ3v) is 5.08. The van der Waals surface area contributed by atoms with Crippen LogP contribution < -0.4 is 5.01 Å². The highest BCUT2D eigenvalue weighted by molar-refractivity contribution is 6.30. The Labute approximate surface area is 160 Å². The van der Waals surface area contributed by atoms with Crippen LogP contribution in [0.5, 0.6) is 0 Å². The molecule has 1 amide bonds. The van der Waals surface area contributed by atoms with Crippen molar-refractivity contribution in [3.05, 3.63) is 59.4 Å². The van der Waals surface area contributed by atoms with Crippen LogP contribution in [0.25, 0.3) is 0 Å². The van der Waals surface area contributed by atoms with E-state index in [0.717, 1.165) is 43.9 Å². The molecule has 1 saturated heterocycles. The first-order chi connectivity index (χ1) is 12.7. The van der Waals surface area contributed by atoms with Gasteiger partial charge in [-0.2, -0.15) is 0 Å². The van der Waals surface area contributed by atoms with Crippen molar-refractivity contribution >= 4 is 17.7 Å². The maximum Gasteiger partial charge on any atom is 0.429 e. The second-order valence-electron chi connectivity index (χ2n) is 6.56. The average molecular weight is 376 g/mol. The fourth-order valence-corrected chi connectivity index (χ4v) is 3.54. The van der Waals surface area contributed by atoms with Gasteiger partial charge < -0.3 is 9.64 Å². The molecule has 0 unspecified atom stereocenters. The highest BCUT2D eigenvalue weighted by Gasteiger charge is 2.29. The van der Waals surface area contributed by atoms with Crippen molar-refractivity contribution in [2.45, 2.75) is 32.2 Å². The number of rotatable bonds is 6. The van der Waals surface area contributed by atoms with Crippen molar-refractivity contribution in [2.75, 3.05) is 31.3 Å². The van der Waals surface area contributed by atoms with Crippen LogP contribution in [0.1, 0.15) is 25.3 Å². The van der Waals surface area contributed by atoms with Gasteiger partial charge in [0.25, 0.3) is 0 Å². The summed E-state index contributed by atoms with van der Waals surface area (Å²) in [6.07, 6.45) is 6.41. The molecule has 0 atom stereocenters. The molecule has 2 aromatic rings. The number of carbonyl (C=O) groups excluding carboxylic acids is 1. The van der Waals surface area contributed by atoms with Gasteiger partial charge in [-0.1, -0.05) is 23.7 Å². The monoisotopic (exact) mass is 375 g/mol. The van der Waals surface area contributed by atoms with Gasteiger partial charge in [-0.25, -0.2) is 9.80 Å². The minimum atomic E-state index is -0.275. The summed E-state index contributed by atoms with van der Waals surface area (Å²) in [6, 6.07) is 12.1. The minimum absolute atomic E-state index is 0.160. The maximum absolute atomic E-state index is 12.4. The van der Waals surface area contributed by atoms with Gasteiger partial charge in [0, 0.05) is 37.1 Å². The quantitative estimate of drug-likeness (QED) is 0.767. The summed E-state index contributed by atoms with van der Waals surface area (Å²) in [5.41, 5.74) is 1.30. The third-order valence-electron chi connectivity index (χ3n) is 4.83. The molecular formula is C20H26ClN3O2. The number of likely N-dealkylation sites (tertiary alicyclic amines) is 1. The van der Waals surface area contributed by atoms with E-state index >= 15 is 0 Å². The Hall–Kier alpha value is -1.98. The summed E-state index contributed by atoms with van der Waals surface area (Å²) >= 11 is 5.94. The molecular weight excluding hydrogens is 350 g/mol. The van der Waals surface area contributed by atoms with E-state index in [1.54, 1.807) is 5.01 Å². The summed E-state index contributed by atoms with van der Waals surface area (Å²) in [5, 5.41) is 2.53. The van der Waals surface area contributed by atoms with Crippen molar-refractivity contribution in [3.8, 4) is 0 Å². The number of hydrogen-bond acceptors (Lipinski definition) is 3. The van der Waals surface area contributed by atoms with E-state index in [4.69, 9.17) is 16.3 Å². The van der Waals surface area contributed by atoms with Crippen LogP contribution in [0.15, 0.2) is 48.8 Å². The van der Waals surface area contributed by atoms with Crippen LogP contribution in [-0.2, 0) is 11.2 Å². The van der Waals surface area contributed by atoms with Crippen LogP contribution in [0, 0.1) is 0 Å². The summed E-state index contributed by atoms with van der Waals surface area (Å²) in [5.74, 6) is 0. The fourth-order valence-electron chi connectivity index (χ4n) is 3.42. The maximum atomic E-state index is 12.4. The van der Waals surface area contributed by atoms with Crippen molar-refractivity contribution < 1.29 is 9.53 Å². The number of benzene rings is 1. The van der Waals surface area contributed by atoms with Gasteiger partial charge in [0.15, 0.2) is 0 Å². The van der Waals surface area contributed by atoms with E-state index in [1.807, 2.05) is 48.3 Å². The predicted molar refractivity (Wildman–Crippen MR) is 104 cm³/mol. The van der Waals surface area contributed by atoms with E-state index < -0.39 is 0 Å². The van der Waals surface area contributed by atoms with Gasteiger partial charge in [0.1, 0.15) is 0 Å². The van der Waals surface area contributed by atoms with E-state index in [9.17, 15) is 4.79 Å². The molecule has 0 radical (unpaired) electrons. The van der Waals surface area contributed by atoms with Crippen LogP contribution in [0.2, 0.25) is 5.02 Å². The van der Waals surface area contributed by atoms with Gasteiger partial charge in [-0.3, -0.25) is 4.68 Å². The third kappa shape index (κ3) is 4.80. The fraction of sp³-hybridized carbons (Fsp3) is 0.450. The van der Waals surface area contributed by atoms with E-state index in [-0.39, 0.29) is 12.1 Å². The topological polar surface area (TPSA) is 37.7 Å². The first-order valence-electron chi connectivity index (χ1n) is 9.23. The van der Waals surface area contributed by atoms with Crippen LogP contribution in [-0.4, -0.2) is 48.0 Å². The number of piperidine rings is 1. The zero-order valence-corrected chi connectivity index (χ0v) is 15.9. The lowest BCUT2D eigenvalue weighted by Gasteiger charge is -2.38. The molecule has 1 aliphatic heterocycles. The van der Waals surface area contributed by atoms with Crippen LogP contribution in [0.3, 0.4) is 0 Å². The average Bonchev–Trinajstić information content (AvgIpc) is 3.17. The summed E-state index contributed by atoms with van der Waals surface area (Å²) in [4.78, 5) is 14.9. The number of amides is 1. The van der Waals surface area contributed by atoms with Crippen molar-refractivity contribution in [2.24, 2.45) is 0 Å². The number of hydrogen-bond donors (Lipinski definition) is 0. The zero-order chi connectivity index (χ0) is 18.4. The molecule has 0 bridgehead atoms.